The predicted molar refractivity (Wildman–Crippen MR) is 62.8 cm³/mol. The molecular weight excluding hydrogens is 371 g/mol. The van der Waals surface area contributed by atoms with Gasteiger partial charge in [-0.15, -0.1) is 0 Å². The summed E-state index contributed by atoms with van der Waals surface area (Å²) >= 11 is -2.63. The van der Waals surface area contributed by atoms with E-state index in [-0.39, 0.29) is 5.97 Å². The Kier molecular flexibility index (Phi) is 7.87. The molecule has 0 aliphatic heterocycles. The molecule has 0 aliphatic carbocycles. The third kappa shape index (κ3) is 5.32. The first-order valence-corrected chi connectivity index (χ1v) is 15.6. The van der Waals surface area contributed by atoms with Crippen molar-refractivity contribution in [1.29, 1.82) is 0 Å². The molecule has 0 amide bonds. The van der Waals surface area contributed by atoms with Gasteiger partial charge in [0.15, 0.2) is 0 Å². The molecule has 0 N–H and O–H groups in total. The van der Waals surface area contributed by atoms with Gasteiger partial charge in [-0.3, -0.25) is 0 Å². The number of rotatable bonds is 7. The molecule has 0 saturated heterocycles. The van der Waals surface area contributed by atoms with Crippen LogP contribution in [0.1, 0.15) is 47.0 Å². The van der Waals surface area contributed by atoms with Crippen molar-refractivity contribution in [2.75, 3.05) is 0 Å². The fourth-order valence-corrected chi connectivity index (χ4v) is 19.3. The quantitative estimate of drug-likeness (QED) is 0.614. The zero-order valence-electron chi connectivity index (χ0n) is 10.1. The zero-order valence-corrected chi connectivity index (χ0v) is 13.9. The maximum atomic E-state index is 11.1. The molecule has 0 saturated carbocycles. The normalized spacial score (nSPS) is 11.4. The van der Waals surface area contributed by atoms with Gasteiger partial charge >= 0.3 is 94.0 Å². The third-order valence-electron chi connectivity index (χ3n) is 2.48. The number of hydrogen-bond acceptors (Lipinski definition) is 2. The van der Waals surface area contributed by atoms with E-state index < -0.39 is 21.6 Å². The molecule has 0 aromatic carbocycles. The molecule has 3 heteroatoms. The van der Waals surface area contributed by atoms with Gasteiger partial charge in [0.2, 0.25) is 0 Å². The summed E-state index contributed by atoms with van der Waals surface area (Å²) in [6.45, 7) is 8.16. The molecular formula is C11H24O2Pb. The molecule has 2 nitrogen and oxygen atoms in total. The number of hydrogen-bond donors (Lipinski definition) is 0. The van der Waals surface area contributed by atoms with Gasteiger partial charge in [-0.2, -0.15) is 0 Å². The minimum absolute atomic E-state index is 0.0398. The summed E-state index contributed by atoms with van der Waals surface area (Å²) in [5, 5.41) is 0. The van der Waals surface area contributed by atoms with E-state index in [0.717, 1.165) is 0 Å². The summed E-state index contributed by atoms with van der Waals surface area (Å²) in [5.41, 5.74) is 0. The van der Waals surface area contributed by atoms with Crippen molar-refractivity contribution < 1.29 is 7.48 Å². The van der Waals surface area contributed by atoms with Gasteiger partial charge < -0.3 is 0 Å². The van der Waals surface area contributed by atoms with Crippen LogP contribution in [0, 0.1) is 0 Å². The van der Waals surface area contributed by atoms with Crippen molar-refractivity contribution in [3.05, 3.63) is 0 Å². The van der Waals surface area contributed by atoms with Gasteiger partial charge in [0, 0.05) is 0 Å². The summed E-state index contributed by atoms with van der Waals surface area (Å²) in [5.74, 6) is -0.0398. The summed E-state index contributed by atoms with van der Waals surface area (Å²) in [6, 6.07) is 0. The Bertz CT molecular complexity index is 152. The second-order valence-electron chi connectivity index (χ2n) is 4.03. The second-order valence-corrected chi connectivity index (χ2v) is 19.8. The van der Waals surface area contributed by atoms with E-state index in [4.69, 9.17) is 2.69 Å². The van der Waals surface area contributed by atoms with Gasteiger partial charge in [-0.05, 0) is 0 Å². The average molecular weight is 396 g/mol. The van der Waals surface area contributed by atoms with Gasteiger partial charge in [-0.25, -0.2) is 0 Å². The molecule has 0 spiro atoms. The molecule has 0 bridgehead atoms. The van der Waals surface area contributed by atoms with Crippen LogP contribution in [0.4, 0.5) is 0 Å². The summed E-state index contributed by atoms with van der Waals surface area (Å²) in [7, 11) is 0. The van der Waals surface area contributed by atoms with Crippen molar-refractivity contribution in [3.63, 3.8) is 0 Å². The SMILES string of the molecule is CC[CH2][Pb]([CH2]CC)([CH2]CC)[O]C(C)=O. The third-order valence-corrected chi connectivity index (χ3v) is 21.7. The van der Waals surface area contributed by atoms with Crippen LogP contribution in [0.5, 0.6) is 0 Å². The molecule has 0 unspecified atom stereocenters. The van der Waals surface area contributed by atoms with Crippen molar-refractivity contribution in [1.82, 2.24) is 0 Å². The maximum absolute atomic E-state index is 11.1. The molecule has 0 aromatic heterocycles. The molecule has 0 aromatic rings. The monoisotopic (exact) mass is 396 g/mol. The summed E-state index contributed by atoms with van der Waals surface area (Å²) < 4.78 is 9.39. The molecule has 14 heavy (non-hydrogen) atoms. The summed E-state index contributed by atoms with van der Waals surface area (Å²) in [6.07, 6.45) is 3.53. The fourth-order valence-electron chi connectivity index (χ4n) is 2.20. The van der Waals surface area contributed by atoms with Crippen LogP contribution in [-0.4, -0.2) is 27.6 Å². The Labute approximate surface area is 93.7 Å². The molecule has 0 radical (unpaired) electrons. The van der Waals surface area contributed by atoms with Crippen LogP contribution in [0.25, 0.3) is 0 Å². The van der Waals surface area contributed by atoms with Gasteiger partial charge in [0.05, 0.1) is 0 Å². The molecule has 0 atom stereocenters. The molecule has 0 aliphatic rings. The second kappa shape index (κ2) is 7.65. The van der Waals surface area contributed by atoms with Crippen LogP contribution < -0.4 is 0 Å². The Morgan fingerprint density at radius 3 is 1.57 bits per heavy atom. The first-order valence-electron chi connectivity index (χ1n) is 5.79. The first-order chi connectivity index (χ1) is 6.60. The van der Waals surface area contributed by atoms with Gasteiger partial charge in [-0.1, -0.05) is 0 Å². The Hall–Kier alpha value is 0.392. The van der Waals surface area contributed by atoms with Crippen LogP contribution in [0.15, 0.2) is 0 Å². The Balaban J connectivity index is 4.45. The first kappa shape index (κ1) is 14.4. The standard InChI is InChI=1S/3C3H7.C2H4O2.Pb/c3*1-3-2;1-2(3)4;/h3*1,3H2,2H3;1H3,(H,3,4);/q;;;;+1/p-1. The van der Waals surface area contributed by atoms with Crippen molar-refractivity contribution in [2.24, 2.45) is 0 Å². The van der Waals surface area contributed by atoms with E-state index >= 15 is 0 Å². The van der Waals surface area contributed by atoms with E-state index in [1.807, 2.05) is 0 Å². The van der Waals surface area contributed by atoms with Crippen LogP contribution >= 0.6 is 0 Å². The van der Waals surface area contributed by atoms with Gasteiger partial charge in [0.25, 0.3) is 0 Å². The van der Waals surface area contributed by atoms with Crippen molar-refractivity contribution in [2.45, 2.75) is 58.9 Å². The topological polar surface area (TPSA) is 26.3 Å². The predicted octanol–water partition coefficient (Wildman–Crippen LogP) is 3.73. The number of carbonyl (C=O) groups is 1. The average Bonchev–Trinajstić information content (AvgIpc) is 2.03. The minimum atomic E-state index is -2.63. The zero-order chi connectivity index (χ0) is 11.0. The van der Waals surface area contributed by atoms with E-state index in [1.54, 1.807) is 6.92 Å². The summed E-state index contributed by atoms with van der Waals surface area (Å²) in [4.78, 5) is 11.1. The Morgan fingerprint density at radius 2 is 1.36 bits per heavy atom. The Morgan fingerprint density at radius 1 is 1.00 bits per heavy atom. The van der Waals surface area contributed by atoms with Crippen molar-refractivity contribution in [3.8, 4) is 0 Å². The van der Waals surface area contributed by atoms with E-state index in [1.165, 1.54) is 31.2 Å². The van der Waals surface area contributed by atoms with Crippen LogP contribution in [0.2, 0.25) is 11.9 Å². The van der Waals surface area contributed by atoms with E-state index in [0.29, 0.717) is 0 Å². The van der Waals surface area contributed by atoms with Crippen molar-refractivity contribution >= 4 is 27.6 Å². The molecule has 84 valence electrons. The van der Waals surface area contributed by atoms with Crippen LogP contribution in [-0.2, 0) is 7.48 Å². The molecule has 0 fully saturated rings. The van der Waals surface area contributed by atoms with E-state index in [9.17, 15) is 4.79 Å². The molecule has 0 rings (SSSR count). The van der Waals surface area contributed by atoms with Gasteiger partial charge in [0.1, 0.15) is 0 Å². The van der Waals surface area contributed by atoms with Crippen LogP contribution in [0.3, 0.4) is 0 Å². The van der Waals surface area contributed by atoms with E-state index in [2.05, 4.69) is 20.8 Å². The number of carbonyl (C=O) groups excluding carboxylic acids is 1. The fraction of sp³-hybridized carbons (Fsp3) is 0.909. The molecule has 0 heterocycles.